The predicted molar refractivity (Wildman–Crippen MR) is 90.6 cm³/mol. The van der Waals surface area contributed by atoms with Crippen molar-refractivity contribution < 1.29 is 4.74 Å². The van der Waals surface area contributed by atoms with E-state index in [1.165, 1.54) is 0 Å². The van der Waals surface area contributed by atoms with Crippen LogP contribution in [0.3, 0.4) is 0 Å². The summed E-state index contributed by atoms with van der Waals surface area (Å²) in [4.78, 5) is 4.45. The van der Waals surface area contributed by atoms with Crippen molar-refractivity contribution in [2.45, 2.75) is 0 Å². The molecule has 2 aromatic carbocycles. The van der Waals surface area contributed by atoms with Gasteiger partial charge in [-0.3, -0.25) is 4.99 Å². The van der Waals surface area contributed by atoms with Crippen molar-refractivity contribution in [2.24, 2.45) is 12.0 Å². The fraction of sp³-hybridized carbons (Fsp3) is 0.0556. The molecule has 1 aromatic heterocycles. The van der Waals surface area contributed by atoms with E-state index >= 15 is 0 Å². The van der Waals surface area contributed by atoms with E-state index in [0.29, 0.717) is 10.8 Å². The molecule has 0 radical (unpaired) electrons. The molecular weight excluding hydrogens is 296 g/mol. The molecule has 0 aliphatic heterocycles. The number of hydrogen-bond acceptors (Lipinski definition) is 2. The number of aliphatic imine (C=N–C) groups is 1. The summed E-state index contributed by atoms with van der Waals surface area (Å²) in [7, 11) is 1.99. The van der Waals surface area contributed by atoms with Crippen molar-refractivity contribution in [3.63, 3.8) is 0 Å². The Labute approximate surface area is 134 Å². The summed E-state index contributed by atoms with van der Waals surface area (Å²) >= 11 is 5.94. The molecule has 0 N–H and O–H groups in total. The molecule has 0 saturated carbocycles. The maximum Gasteiger partial charge on any atom is 0.128 e. The molecule has 3 rings (SSSR count). The summed E-state index contributed by atoms with van der Waals surface area (Å²) in [5.41, 5.74) is 1.93. The first kappa shape index (κ1) is 14.4. The van der Waals surface area contributed by atoms with Crippen molar-refractivity contribution in [2.75, 3.05) is 0 Å². The van der Waals surface area contributed by atoms with Crippen LogP contribution in [0.15, 0.2) is 71.9 Å². The molecule has 3 nitrogen and oxygen atoms in total. The van der Waals surface area contributed by atoms with Crippen LogP contribution in [0.4, 0.5) is 5.69 Å². The largest absolute Gasteiger partial charge is 0.457 e. The molecule has 0 atom stereocenters. The molecule has 4 heteroatoms. The third kappa shape index (κ3) is 3.57. The lowest BCUT2D eigenvalue weighted by atomic mass is 10.3. The van der Waals surface area contributed by atoms with Gasteiger partial charge in [0.1, 0.15) is 11.5 Å². The second kappa shape index (κ2) is 6.50. The lowest BCUT2D eigenvalue weighted by Gasteiger charge is -2.06. The molecule has 0 unspecified atom stereocenters. The van der Waals surface area contributed by atoms with Crippen LogP contribution < -0.4 is 4.74 Å². The molecule has 0 spiro atoms. The molecule has 110 valence electrons. The van der Waals surface area contributed by atoms with Gasteiger partial charge in [0, 0.05) is 18.3 Å². The molecule has 0 bridgehead atoms. The van der Waals surface area contributed by atoms with Gasteiger partial charge in [-0.15, -0.1) is 0 Å². The van der Waals surface area contributed by atoms with Crippen molar-refractivity contribution in [3.8, 4) is 11.5 Å². The number of nitrogens with zero attached hydrogens (tertiary/aromatic N) is 2. The van der Waals surface area contributed by atoms with Crippen molar-refractivity contribution >= 4 is 23.5 Å². The number of benzene rings is 2. The van der Waals surface area contributed by atoms with E-state index in [-0.39, 0.29) is 0 Å². The first-order valence-electron chi connectivity index (χ1n) is 6.89. The monoisotopic (exact) mass is 310 g/mol. The Kier molecular flexibility index (Phi) is 4.26. The highest BCUT2D eigenvalue weighted by molar-refractivity contribution is 6.30. The first-order chi connectivity index (χ1) is 10.7. The highest BCUT2D eigenvalue weighted by atomic mass is 35.5. The summed E-state index contributed by atoms with van der Waals surface area (Å²) in [5.74, 6) is 1.47. The molecule has 22 heavy (non-hydrogen) atoms. The van der Waals surface area contributed by atoms with Crippen LogP contribution in [0.2, 0.25) is 5.02 Å². The van der Waals surface area contributed by atoms with Gasteiger partial charge in [-0.2, -0.15) is 0 Å². The second-order valence-electron chi connectivity index (χ2n) is 4.86. The quantitative estimate of drug-likeness (QED) is 0.607. The maximum atomic E-state index is 5.94. The minimum Gasteiger partial charge on any atom is -0.457 e. The minimum absolute atomic E-state index is 0.654. The van der Waals surface area contributed by atoms with E-state index < -0.39 is 0 Å². The fourth-order valence-corrected chi connectivity index (χ4v) is 2.20. The maximum absolute atomic E-state index is 5.94. The standard InChI is InChI=1S/C18H15ClN2O/c1-21-11-3-5-16(21)13-20-15-7-9-17(10-8-15)22-18-6-2-4-14(19)12-18/h2-13H,1H3. The van der Waals surface area contributed by atoms with Gasteiger partial charge in [0.25, 0.3) is 0 Å². The lowest BCUT2D eigenvalue weighted by Crippen LogP contribution is -1.91. The summed E-state index contributed by atoms with van der Waals surface area (Å²) < 4.78 is 7.76. The van der Waals surface area contributed by atoms with Crippen LogP contribution in [0.1, 0.15) is 5.69 Å². The molecule has 0 fully saturated rings. The second-order valence-corrected chi connectivity index (χ2v) is 5.29. The summed E-state index contributed by atoms with van der Waals surface area (Å²) in [6.45, 7) is 0. The topological polar surface area (TPSA) is 26.5 Å². The third-order valence-electron chi connectivity index (χ3n) is 3.20. The van der Waals surface area contributed by atoms with Crippen molar-refractivity contribution in [1.29, 1.82) is 0 Å². The number of hydrogen-bond donors (Lipinski definition) is 0. The van der Waals surface area contributed by atoms with Gasteiger partial charge < -0.3 is 9.30 Å². The Morgan fingerprint density at radius 1 is 1.00 bits per heavy atom. The van der Waals surface area contributed by atoms with Gasteiger partial charge in [-0.05, 0) is 54.6 Å². The van der Waals surface area contributed by atoms with E-state index in [9.17, 15) is 0 Å². The number of halogens is 1. The molecule has 3 aromatic rings. The Bertz CT molecular complexity index is 791. The number of aromatic nitrogens is 1. The number of ether oxygens (including phenoxy) is 1. The smallest absolute Gasteiger partial charge is 0.128 e. The molecule has 1 heterocycles. The zero-order chi connectivity index (χ0) is 15.4. The van der Waals surface area contributed by atoms with Crippen LogP contribution in [0, 0.1) is 0 Å². The van der Waals surface area contributed by atoms with E-state index in [1.54, 1.807) is 6.07 Å². The molecule has 0 saturated heterocycles. The SMILES string of the molecule is Cn1cccc1C=Nc1ccc(Oc2cccc(Cl)c2)cc1. The van der Waals surface area contributed by atoms with Gasteiger partial charge in [-0.1, -0.05) is 17.7 Å². The fourth-order valence-electron chi connectivity index (χ4n) is 2.02. The Morgan fingerprint density at radius 2 is 1.82 bits per heavy atom. The van der Waals surface area contributed by atoms with Gasteiger partial charge in [0.15, 0.2) is 0 Å². The van der Waals surface area contributed by atoms with Crippen LogP contribution >= 0.6 is 11.6 Å². The predicted octanol–water partition coefficient (Wildman–Crippen LogP) is 5.22. The van der Waals surface area contributed by atoms with E-state index in [1.807, 2.05) is 78.6 Å². The van der Waals surface area contributed by atoms with Crippen LogP contribution in [0.25, 0.3) is 0 Å². The summed E-state index contributed by atoms with van der Waals surface area (Å²) in [6.07, 6.45) is 3.83. The summed E-state index contributed by atoms with van der Waals surface area (Å²) in [5, 5.41) is 0.654. The van der Waals surface area contributed by atoms with E-state index in [0.717, 1.165) is 17.1 Å². The molecule has 0 amide bonds. The number of aryl methyl sites for hydroxylation is 1. The van der Waals surface area contributed by atoms with Gasteiger partial charge in [0.2, 0.25) is 0 Å². The van der Waals surface area contributed by atoms with Crippen molar-refractivity contribution in [1.82, 2.24) is 4.57 Å². The zero-order valence-electron chi connectivity index (χ0n) is 12.1. The lowest BCUT2D eigenvalue weighted by molar-refractivity contribution is 0.483. The summed E-state index contributed by atoms with van der Waals surface area (Å²) in [6, 6.07) is 18.9. The average molecular weight is 311 g/mol. The van der Waals surface area contributed by atoms with Gasteiger partial charge in [-0.25, -0.2) is 0 Å². The van der Waals surface area contributed by atoms with E-state index in [4.69, 9.17) is 16.3 Å². The van der Waals surface area contributed by atoms with Crippen LogP contribution in [-0.4, -0.2) is 10.8 Å². The van der Waals surface area contributed by atoms with Crippen LogP contribution in [-0.2, 0) is 7.05 Å². The third-order valence-corrected chi connectivity index (χ3v) is 3.43. The first-order valence-corrected chi connectivity index (χ1v) is 7.27. The highest BCUT2D eigenvalue weighted by Crippen LogP contribution is 2.25. The van der Waals surface area contributed by atoms with Gasteiger partial charge >= 0.3 is 0 Å². The zero-order valence-corrected chi connectivity index (χ0v) is 12.9. The van der Waals surface area contributed by atoms with Crippen molar-refractivity contribution in [3.05, 3.63) is 77.6 Å². The highest BCUT2D eigenvalue weighted by Gasteiger charge is 1.99. The minimum atomic E-state index is 0.654. The van der Waals surface area contributed by atoms with E-state index in [2.05, 4.69) is 4.99 Å². The Hall–Kier alpha value is -2.52. The average Bonchev–Trinajstić information content (AvgIpc) is 2.92. The Balaban J connectivity index is 1.70. The molecular formula is C18H15ClN2O. The normalized spacial score (nSPS) is 11.0. The Morgan fingerprint density at radius 3 is 2.50 bits per heavy atom. The van der Waals surface area contributed by atoms with Gasteiger partial charge in [0.05, 0.1) is 17.6 Å². The number of rotatable bonds is 4. The molecule has 0 aliphatic carbocycles. The molecule has 0 aliphatic rings. The van der Waals surface area contributed by atoms with Crippen LogP contribution in [0.5, 0.6) is 11.5 Å².